The van der Waals surface area contributed by atoms with Gasteiger partial charge < -0.3 is 10.1 Å². The van der Waals surface area contributed by atoms with Gasteiger partial charge in [0.1, 0.15) is 5.75 Å². The Morgan fingerprint density at radius 1 is 1.30 bits per heavy atom. The summed E-state index contributed by atoms with van der Waals surface area (Å²) in [5.74, 6) is 0.904. The molecular weight excluding hydrogens is 272 g/mol. The van der Waals surface area contributed by atoms with Crippen LogP contribution in [-0.2, 0) is 6.54 Å². The smallest absolute Gasteiger partial charge is 0.123 e. The van der Waals surface area contributed by atoms with E-state index in [-0.39, 0.29) is 11.1 Å². The van der Waals surface area contributed by atoms with E-state index >= 15 is 0 Å². The van der Waals surface area contributed by atoms with E-state index in [4.69, 9.17) is 16.3 Å². The van der Waals surface area contributed by atoms with E-state index in [0.29, 0.717) is 0 Å². The molecule has 3 nitrogen and oxygen atoms in total. The van der Waals surface area contributed by atoms with Gasteiger partial charge in [0, 0.05) is 41.3 Å². The summed E-state index contributed by atoms with van der Waals surface area (Å²) in [6.07, 6.45) is 0. The van der Waals surface area contributed by atoms with Crippen LogP contribution < -0.4 is 10.1 Å². The molecule has 1 N–H and O–H groups in total. The lowest BCUT2D eigenvalue weighted by Gasteiger charge is -2.49. The molecule has 0 aromatic heterocycles. The summed E-state index contributed by atoms with van der Waals surface area (Å²) in [4.78, 5) is 2.50. The van der Waals surface area contributed by atoms with E-state index in [1.54, 1.807) is 7.11 Å². The van der Waals surface area contributed by atoms with Crippen molar-refractivity contribution in [3.05, 3.63) is 28.8 Å². The molecule has 2 rings (SSSR count). The molecule has 112 valence electrons. The number of halogens is 1. The Labute approximate surface area is 127 Å². The second-order valence-electron chi connectivity index (χ2n) is 6.86. The SMILES string of the molecule is COc1ccc(Cl)cc1CN1CC(C)(C)NCC1(C)C. The fourth-order valence-corrected chi connectivity index (χ4v) is 2.86. The lowest BCUT2D eigenvalue weighted by Crippen LogP contribution is -2.65. The van der Waals surface area contributed by atoms with Crippen LogP contribution in [0.25, 0.3) is 0 Å². The maximum Gasteiger partial charge on any atom is 0.123 e. The van der Waals surface area contributed by atoms with Gasteiger partial charge in [-0.2, -0.15) is 0 Å². The van der Waals surface area contributed by atoms with Crippen LogP contribution >= 0.6 is 11.6 Å². The highest BCUT2D eigenvalue weighted by atomic mass is 35.5. The van der Waals surface area contributed by atoms with Gasteiger partial charge in [0.05, 0.1) is 7.11 Å². The molecule has 0 atom stereocenters. The third-order valence-corrected chi connectivity index (χ3v) is 4.28. The lowest BCUT2D eigenvalue weighted by atomic mass is 9.91. The monoisotopic (exact) mass is 296 g/mol. The number of methoxy groups -OCH3 is 1. The fourth-order valence-electron chi connectivity index (χ4n) is 2.66. The van der Waals surface area contributed by atoms with E-state index < -0.39 is 0 Å². The number of ether oxygens (including phenoxy) is 1. The Hall–Kier alpha value is -0.770. The van der Waals surface area contributed by atoms with Gasteiger partial charge in [-0.1, -0.05) is 11.6 Å². The van der Waals surface area contributed by atoms with Gasteiger partial charge >= 0.3 is 0 Å². The van der Waals surface area contributed by atoms with Gasteiger partial charge in [-0.3, -0.25) is 4.90 Å². The minimum Gasteiger partial charge on any atom is -0.496 e. The molecule has 1 aromatic rings. The van der Waals surface area contributed by atoms with Crippen LogP contribution in [0.15, 0.2) is 18.2 Å². The summed E-state index contributed by atoms with van der Waals surface area (Å²) in [6, 6.07) is 5.82. The molecule has 1 aliphatic rings. The summed E-state index contributed by atoms with van der Waals surface area (Å²) < 4.78 is 5.46. The predicted octanol–water partition coefficient (Wildman–Crippen LogP) is 3.31. The van der Waals surface area contributed by atoms with E-state index in [9.17, 15) is 0 Å². The molecule has 0 aliphatic carbocycles. The standard InChI is InChI=1S/C16H25ClN2O/c1-15(2)11-19(16(3,4)10-18-15)9-12-8-13(17)6-7-14(12)20-5/h6-8,18H,9-11H2,1-5H3. The summed E-state index contributed by atoms with van der Waals surface area (Å²) in [5, 5.41) is 4.36. The van der Waals surface area contributed by atoms with Gasteiger partial charge in [0.15, 0.2) is 0 Å². The minimum atomic E-state index is 0.114. The fraction of sp³-hybridized carbons (Fsp3) is 0.625. The van der Waals surface area contributed by atoms with Crippen LogP contribution in [0, 0.1) is 0 Å². The van der Waals surface area contributed by atoms with Gasteiger partial charge in [-0.05, 0) is 45.9 Å². The third-order valence-electron chi connectivity index (χ3n) is 4.05. The molecule has 1 heterocycles. The first-order chi connectivity index (χ1) is 9.23. The Bertz CT molecular complexity index is 485. The molecule has 0 saturated carbocycles. The first kappa shape index (κ1) is 15.6. The summed E-state index contributed by atoms with van der Waals surface area (Å²) >= 11 is 6.13. The minimum absolute atomic E-state index is 0.114. The molecule has 1 aromatic carbocycles. The zero-order valence-electron chi connectivity index (χ0n) is 13.1. The molecule has 1 fully saturated rings. The number of hydrogen-bond acceptors (Lipinski definition) is 3. The molecule has 1 aliphatic heterocycles. The van der Waals surface area contributed by atoms with Gasteiger partial charge in [-0.15, -0.1) is 0 Å². The molecule has 0 amide bonds. The third kappa shape index (κ3) is 3.46. The highest BCUT2D eigenvalue weighted by Gasteiger charge is 2.37. The van der Waals surface area contributed by atoms with Crippen LogP contribution in [0.3, 0.4) is 0 Å². The van der Waals surface area contributed by atoms with Gasteiger partial charge in [0.2, 0.25) is 0 Å². The van der Waals surface area contributed by atoms with Gasteiger partial charge in [0.25, 0.3) is 0 Å². The average Bonchev–Trinajstić information content (AvgIpc) is 2.35. The van der Waals surface area contributed by atoms with Crippen LogP contribution in [0.1, 0.15) is 33.3 Å². The summed E-state index contributed by atoms with van der Waals surface area (Å²) in [6.45, 7) is 11.8. The summed E-state index contributed by atoms with van der Waals surface area (Å²) in [5.41, 5.74) is 1.38. The number of rotatable bonds is 3. The van der Waals surface area contributed by atoms with Crippen LogP contribution in [0.4, 0.5) is 0 Å². The van der Waals surface area contributed by atoms with Gasteiger partial charge in [-0.25, -0.2) is 0 Å². The first-order valence-electron chi connectivity index (χ1n) is 7.06. The number of benzene rings is 1. The van der Waals surface area contributed by atoms with Crippen molar-refractivity contribution in [3.63, 3.8) is 0 Å². The Balaban J connectivity index is 2.25. The number of hydrogen-bond donors (Lipinski definition) is 1. The van der Waals surface area contributed by atoms with Crippen molar-refractivity contribution in [2.45, 2.75) is 45.3 Å². The van der Waals surface area contributed by atoms with Crippen molar-refractivity contribution in [2.75, 3.05) is 20.2 Å². The molecule has 0 spiro atoms. The maximum atomic E-state index is 6.13. The van der Waals surface area contributed by atoms with Crippen molar-refractivity contribution in [3.8, 4) is 5.75 Å². The number of nitrogens with zero attached hydrogens (tertiary/aromatic N) is 1. The lowest BCUT2D eigenvalue weighted by molar-refractivity contribution is 0.0318. The molecule has 20 heavy (non-hydrogen) atoms. The van der Waals surface area contributed by atoms with Crippen molar-refractivity contribution in [2.24, 2.45) is 0 Å². The maximum absolute atomic E-state index is 6.13. The number of piperazine rings is 1. The van der Waals surface area contributed by atoms with Crippen molar-refractivity contribution in [1.82, 2.24) is 10.2 Å². The summed E-state index contributed by atoms with van der Waals surface area (Å²) in [7, 11) is 1.71. The zero-order chi connectivity index (χ0) is 15.0. The average molecular weight is 297 g/mol. The zero-order valence-corrected chi connectivity index (χ0v) is 13.8. The molecule has 0 radical (unpaired) electrons. The number of nitrogens with one attached hydrogen (secondary N) is 1. The molecule has 4 heteroatoms. The molecule has 0 unspecified atom stereocenters. The second kappa shape index (κ2) is 5.55. The molecule has 1 saturated heterocycles. The first-order valence-corrected chi connectivity index (χ1v) is 7.44. The quantitative estimate of drug-likeness (QED) is 0.926. The molecule has 0 bridgehead atoms. The Kier molecular flexibility index (Phi) is 4.33. The largest absolute Gasteiger partial charge is 0.496 e. The van der Waals surface area contributed by atoms with Crippen molar-refractivity contribution < 1.29 is 4.74 Å². The normalized spacial score (nSPS) is 21.7. The van der Waals surface area contributed by atoms with Crippen molar-refractivity contribution >= 4 is 11.6 Å². The van der Waals surface area contributed by atoms with E-state index in [1.165, 1.54) is 0 Å². The Morgan fingerprint density at radius 2 is 2.00 bits per heavy atom. The van der Waals surface area contributed by atoms with E-state index in [2.05, 4.69) is 37.9 Å². The molecular formula is C16H25ClN2O. The highest BCUT2D eigenvalue weighted by Crippen LogP contribution is 2.29. The Morgan fingerprint density at radius 3 is 2.65 bits per heavy atom. The highest BCUT2D eigenvalue weighted by molar-refractivity contribution is 6.30. The predicted molar refractivity (Wildman–Crippen MR) is 84.6 cm³/mol. The van der Waals surface area contributed by atoms with Crippen LogP contribution in [0.5, 0.6) is 5.75 Å². The van der Waals surface area contributed by atoms with Crippen LogP contribution in [-0.4, -0.2) is 36.2 Å². The van der Waals surface area contributed by atoms with Crippen molar-refractivity contribution in [1.29, 1.82) is 0 Å². The van der Waals surface area contributed by atoms with E-state index in [0.717, 1.165) is 36.0 Å². The second-order valence-corrected chi connectivity index (χ2v) is 7.30. The van der Waals surface area contributed by atoms with E-state index in [1.807, 2.05) is 18.2 Å². The van der Waals surface area contributed by atoms with Crippen LogP contribution in [0.2, 0.25) is 5.02 Å². The topological polar surface area (TPSA) is 24.5 Å².